The van der Waals surface area contributed by atoms with Gasteiger partial charge in [-0.25, -0.2) is 14.4 Å². The van der Waals surface area contributed by atoms with Crippen LogP contribution in [0.3, 0.4) is 0 Å². The van der Waals surface area contributed by atoms with Crippen molar-refractivity contribution in [2.24, 2.45) is 0 Å². The molecule has 29 heavy (non-hydrogen) atoms. The van der Waals surface area contributed by atoms with E-state index in [9.17, 15) is 19.2 Å². The number of benzene rings is 1. The van der Waals surface area contributed by atoms with Gasteiger partial charge in [-0.1, -0.05) is 15.9 Å². The molecule has 1 aromatic heterocycles. The molecule has 2 aromatic rings. The first-order valence-corrected chi connectivity index (χ1v) is 10.6. The van der Waals surface area contributed by atoms with E-state index in [0.29, 0.717) is 19.2 Å². The number of ether oxygens (including phenoxy) is 3. The van der Waals surface area contributed by atoms with E-state index in [0.717, 1.165) is 11.3 Å². The first kappa shape index (κ1) is 23.3. The first-order valence-electron chi connectivity index (χ1n) is 7.91. The van der Waals surface area contributed by atoms with Gasteiger partial charge in [0.15, 0.2) is 6.61 Å². The average Bonchev–Trinajstić information content (AvgIpc) is 3.02. The van der Waals surface area contributed by atoms with Gasteiger partial charge in [-0.05, 0) is 53.3 Å². The number of esters is 3. The van der Waals surface area contributed by atoms with Gasteiger partial charge in [0.05, 0.1) is 25.3 Å². The Morgan fingerprint density at radius 1 is 1.10 bits per heavy atom. The molecule has 0 saturated carbocycles. The molecule has 0 saturated heterocycles. The Morgan fingerprint density at radius 3 is 2.38 bits per heavy atom. The fourth-order valence-electron chi connectivity index (χ4n) is 2.26. The molecule has 1 N–H and O–H groups in total. The van der Waals surface area contributed by atoms with Crippen LogP contribution in [0.2, 0.25) is 0 Å². The Balaban J connectivity index is 2.16. The Bertz CT molecular complexity index is 989. The highest BCUT2D eigenvalue weighted by molar-refractivity contribution is 14.1. The smallest absolute Gasteiger partial charge is 0.348 e. The molecule has 2 rings (SSSR count). The lowest BCUT2D eigenvalue weighted by Crippen LogP contribution is -2.22. The van der Waals surface area contributed by atoms with Crippen molar-refractivity contribution in [3.63, 3.8) is 0 Å². The van der Waals surface area contributed by atoms with Crippen LogP contribution in [0.25, 0.3) is 0 Å². The number of methoxy groups -OCH3 is 2. The lowest BCUT2D eigenvalue weighted by atomic mass is 10.1. The van der Waals surface area contributed by atoms with Crippen molar-refractivity contribution in [1.82, 2.24) is 0 Å². The van der Waals surface area contributed by atoms with E-state index in [2.05, 4.69) is 26.0 Å². The van der Waals surface area contributed by atoms with Gasteiger partial charge in [0, 0.05) is 8.04 Å². The molecular weight excluding hydrogens is 581 g/mol. The van der Waals surface area contributed by atoms with E-state index in [1.165, 1.54) is 14.2 Å². The van der Waals surface area contributed by atoms with Gasteiger partial charge in [0.2, 0.25) is 0 Å². The molecule has 0 atom stereocenters. The van der Waals surface area contributed by atoms with Crippen LogP contribution in [0.4, 0.5) is 5.00 Å². The third-order valence-corrected chi connectivity index (χ3v) is 6.26. The minimum Gasteiger partial charge on any atom is -0.465 e. The Morgan fingerprint density at radius 2 is 1.76 bits per heavy atom. The van der Waals surface area contributed by atoms with Crippen LogP contribution < -0.4 is 5.32 Å². The lowest BCUT2D eigenvalue weighted by molar-refractivity contribution is -0.119. The number of anilines is 1. The minimum atomic E-state index is -0.718. The molecule has 0 radical (unpaired) electrons. The summed E-state index contributed by atoms with van der Waals surface area (Å²) in [4.78, 5) is 48.6. The molecule has 0 fully saturated rings. The van der Waals surface area contributed by atoms with Crippen molar-refractivity contribution in [1.29, 1.82) is 0 Å². The SMILES string of the molecule is COC(=O)c1sc(NC(=O)COC(=O)c2cc(Br)ccc2I)c(C(=O)OC)c1C. The highest BCUT2D eigenvalue weighted by atomic mass is 127. The maximum atomic E-state index is 12.3. The zero-order valence-electron chi connectivity index (χ0n) is 15.5. The number of nitrogens with one attached hydrogen (secondary N) is 1. The molecule has 0 aliphatic heterocycles. The van der Waals surface area contributed by atoms with Crippen molar-refractivity contribution in [3.05, 3.63) is 47.8 Å². The quantitative estimate of drug-likeness (QED) is 0.307. The van der Waals surface area contributed by atoms with Crippen molar-refractivity contribution >= 4 is 78.7 Å². The van der Waals surface area contributed by atoms with Crippen LogP contribution in [0.1, 0.15) is 36.0 Å². The fraction of sp³-hybridized carbons (Fsp3) is 0.222. The lowest BCUT2D eigenvalue weighted by Gasteiger charge is -2.08. The number of thiophene rings is 1. The number of carbonyl (C=O) groups excluding carboxylic acids is 4. The largest absolute Gasteiger partial charge is 0.465 e. The van der Waals surface area contributed by atoms with Crippen LogP contribution in [-0.2, 0) is 19.0 Å². The summed E-state index contributed by atoms with van der Waals surface area (Å²) in [5.74, 6) is -2.71. The molecule has 0 spiro atoms. The molecule has 154 valence electrons. The summed E-state index contributed by atoms with van der Waals surface area (Å²) in [6.07, 6.45) is 0. The van der Waals surface area contributed by atoms with Gasteiger partial charge in [0.1, 0.15) is 9.88 Å². The highest BCUT2D eigenvalue weighted by Gasteiger charge is 2.27. The van der Waals surface area contributed by atoms with Crippen LogP contribution in [-0.4, -0.2) is 44.6 Å². The standard InChI is InChI=1S/C18H15BrINO7S/c1-8-13(17(24)26-2)15(29-14(8)18(25)27-3)21-12(22)7-28-16(23)10-6-9(19)4-5-11(10)20/h4-6H,7H2,1-3H3,(H,21,22). The number of halogens is 2. The highest BCUT2D eigenvalue weighted by Crippen LogP contribution is 2.34. The molecule has 0 aliphatic rings. The summed E-state index contributed by atoms with van der Waals surface area (Å²) in [7, 11) is 2.39. The third-order valence-electron chi connectivity index (χ3n) is 3.64. The van der Waals surface area contributed by atoms with E-state index in [-0.39, 0.29) is 15.4 Å². The number of hydrogen-bond donors (Lipinski definition) is 1. The van der Waals surface area contributed by atoms with Gasteiger partial charge in [0.25, 0.3) is 5.91 Å². The number of carbonyl (C=O) groups is 4. The fourth-order valence-corrected chi connectivity index (χ4v) is 4.31. The summed E-state index contributed by atoms with van der Waals surface area (Å²) in [5.41, 5.74) is 0.673. The zero-order valence-corrected chi connectivity index (χ0v) is 20.0. The van der Waals surface area contributed by atoms with Crippen LogP contribution in [0, 0.1) is 10.5 Å². The molecule has 8 nitrogen and oxygen atoms in total. The Kier molecular flexibility index (Phi) is 8.16. The van der Waals surface area contributed by atoms with E-state index in [4.69, 9.17) is 9.47 Å². The van der Waals surface area contributed by atoms with E-state index >= 15 is 0 Å². The van der Waals surface area contributed by atoms with Crippen LogP contribution in [0.15, 0.2) is 22.7 Å². The van der Waals surface area contributed by atoms with E-state index < -0.39 is 30.4 Å². The van der Waals surface area contributed by atoms with E-state index in [1.54, 1.807) is 25.1 Å². The van der Waals surface area contributed by atoms with Crippen molar-refractivity contribution in [2.75, 3.05) is 26.1 Å². The average molecular weight is 596 g/mol. The Hall–Kier alpha value is -1.99. The normalized spacial score (nSPS) is 10.2. The first-order chi connectivity index (χ1) is 13.7. The topological polar surface area (TPSA) is 108 Å². The number of hydrogen-bond acceptors (Lipinski definition) is 8. The van der Waals surface area contributed by atoms with Gasteiger partial charge >= 0.3 is 17.9 Å². The number of amides is 1. The monoisotopic (exact) mass is 595 g/mol. The van der Waals surface area contributed by atoms with Crippen LogP contribution >= 0.6 is 49.9 Å². The molecule has 0 unspecified atom stereocenters. The van der Waals surface area contributed by atoms with Gasteiger partial charge in [-0.2, -0.15) is 0 Å². The van der Waals surface area contributed by atoms with Gasteiger partial charge in [-0.15, -0.1) is 11.3 Å². The Labute approximate surface area is 192 Å². The van der Waals surface area contributed by atoms with Crippen molar-refractivity contribution in [2.45, 2.75) is 6.92 Å². The minimum absolute atomic E-state index is 0.0408. The zero-order chi connectivity index (χ0) is 21.7. The maximum absolute atomic E-state index is 12.3. The molecular formula is C18H15BrINO7S. The van der Waals surface area contributed by atoms with Gasteiger partial charge in [-0.3, -0.25) is 4.79 Å². The summed E-state index contributed by atoms with van der Waals surface area (Å²) in [6.45, 7) is 0.965. The van der Waals surface area contributed by atoms with Crippen molar-refractivity contribution < 1.29 is 33.4 Å². The van der Waals surface area contributed by atoms with Crippen molar-refractivity contribution in [3.8, 4) is 0 Å². The summed E-state index contributed by atoms with van der Waals surface area (Å²) in [5, 5.41) is 2.59. The summed E-state index contributed by atoms with van der Waals surface area (Å²) < 4.78 is 15.8. The van der Waals surface area contributed by atoms with E-state index in [1.807, 2.05) is 22.6 Å². The second-order valence-corrected chi connectivity index (χ2v) is 8.59. The molecule has 1 amide bonds. The molecule has 0 aliphatic carbocycles. The second-order valence-electron chi connectivity index (χ2n) is 5.49. The summed E-state index contributed by atoms with van der Waals surface area (Å²) in [6, 6.07) is 5.09. The third kappa shape index (κ3) is 5.54. The summed E-state index contributed by atoms with van der Waals surface area (Å²) >= 11 is 6.13. The van der Waals surface area contributed by atoms with Gasteiger partial charge < -0.3 is 19.5 Å². The predicted octanol–water partition coefficient (Wildman–Crippen LogP) is 3.79. The molecule has 1 aromatic carbocycles. The van der Waals surface area contributed by atoms with Crippen LogP contribution in [0.5, 0.6) is 0 Å². The second kappa shape index (κ2) is 10.2. The molecule has 1 heterocycles. The molecule has 0 bridgehead atoms. The maximum Gasteiger partial charge on any atom is 0.348 e. The number of rotatable bonds is 6. The molecule has 11 heteroatoms. The predicted molar refractivity (Wildman–Crippen MR) is 118 cm³/mol.